The molecule has 2 aromatic rings. The smallest absolute Gasteiger partial charge is 0.410 e. The third-order valence-electron chi connectivity index (χ3n) is 3.27. The summed E-state index contributed by atoms with van der Waals surface area (Å²) >= 11 is 0. The van der Waals surface area contributed by atoms with Gasteiger partial charge in [0.15, 0.2) is 5.78 Å². The maximum absolute atomic E-state index is 12.4. The normalized spacial score (nSPS) is 15.0. The molecular weight excluding hydrogens is 331 g/mol. The van der Waals surface area contributed by atoms with Gasteiger partial charge in [0.1, 0.15) is 5.75 Å². The summed E-state index contributed by atoms with van der Waals surface area (Å²) < 4.78 is 46.5. The lowest BCUT2D eigenvalue weighted by Crippen LogP contribution is -2.31. The summed E-state index contributed by atoms with van der Waals surface area (Å²) in [6, 6.07) is 5.55. The molecule has 1 aliphatic rings. The van der Waals surface area contributed by atoms with E-state index in [0.29, 0.717) is 13.0 Å². The number of rotatable bonds is 2. The zero-order valence-electron chi connectivity index (χ0n) is 12.0. The average molecular weight is 341 g/mol. The number of likely N-dealkylation sites (tertiary alicyclic amines) is 1. The van der Waals surface area contributed by atoms with Crippen molar-refractivity contribution in [3.8, 4) is 17.1 Å². The molecule has 0 aliphatic carbocycles. The molecule has 1 aromatic heterocycles. The fraction of sp³-hybridized carbons (Fsp3) is 0.286. The van der Waals surface area contributed by atoms with E-state index in [1.54, 1.807) is 0 Å². The highest BCUT2D eigenvalue weighted by molar-refractivity contribution is 5.87. The summed E-state index contributed by atoms with van der Waals surface area (Å²) in [5.74, 6) is -1.53. The lowest BCUT2D eigenvalue weighted by molar-refractivity contribution is -0.159. The molecule has 0 radical (unpaired) electrons. The molecule has 1 aromatic carbocycles. The number of ketones is 1. The second-order valence-electron chi connectivity index (χ2n) is 5.02. The molecule has 1 fully saturated rings. The number of ether oxygens (including phenoxy) is 1. The molecule has 0 atom stereocenters. The van der Waals surface area contributed by atoms with Crippen molar-refractivity contribution in [1.29, 1.82) is 0 Å². The van der Waals surface area contributed by atoms with Gasteiger partial charge in [0, 0.05) is 18.5 Å². The van der Waals surface area contributed by atoms with Crippen molar-refractivity contribution < 1.29 is 32.0 Å². The minimum Gasteiger partial charge on any atom is -0.410 e. The molecule has 2 heterocycles. The van der Waals surface area contributed by atoms with Crippen LogP contribution in [0.25, 0.3) is 11.4 Å². The molecule has 0 saturated carbocycles. The average Bonchev–Trinajstić information content (AvgIpc) is 3.16. The van der Waals surface area contributed by atoms with Crippen molar-refractivity contribution in [3.63, 3.8) is 0 Å². The third kappa shape index (κ3) is 3.36. The number of halogens is 3. The van der Waals surface area contributed by atoms with Crippen LogP contribution in [0, 0.1) is 0 Å². The van der Waals surface area contributed by atoms with Gasteiger partial charge >= 0.3 is 18.2 Å². The summed E-state index contributed by atoms with van der Waals surface area (Å²) in [6.07, 6.45) is -5.08. The van der Waals surface area contributed by atoms with Crippen molar-refractivity contribution in [2.45, 2.75) is 12.6 Å². The molecule has 24 heavy (non-hydrogen) atoms. The zero-order valence-corrected chi connectivity index (χ0v) is 12.0. The van der Waals surface area contributed by atoms with Crippen molar-refractivity contribution >= 4 is 11.9 Å². The second kappa shape index (κ2) is 5.95. The lowest BCUT2D eigenvalue weighted by atomic mass is 10.2. The van der Waals surface area contributed by atoms with Gasteiger partial charge in [-0.3, -0.25) is 4.79 Å². The van der Waals surface area contributed by atoms with Gasteiger partial charge in [-0.1, -0.05) is 5.16 Å². The van der Waals surface area contributed by atoms with Crippen LogP contribution in [-0.2, 0) is 11.0 Å². The Hall–Kier alpha value is -2.91. The lowest BCUT2D eigenvalue weighted by Gasteiger charge is -2.13. The first-order chi connectivity index (χ1) is 11.3. The Labute approximate surface area is 133 Å². The number of hydrogen-bond acceptors (Lipinski definition) is 6. The van der Waals surface area contributed by atoms with Crippen LogP contribution in [0.2, 0.25) is 0 Å². The van der Waals surface area contributed by atoms with Crippen molar-refractivity contribution in [3.05, 3.63) is 30.2 Å². The number of carbonyl (C=O) groups excluding carboxylic acids is 2. The van der Waals surface area contributed by atoms with Gasteiger partial charge in [-0.15, -0.1) is 0 Å². The van der Waals surface area contributed by atoms with E-state index in [-0.39, 0.29) is 29.5 Å². The largest absolute Gasteiger partial charge is 0.471 e. The highest BCUT2D eigenvalue weighted by Crippen LogP contribution is 2.29. The van der Waals surface area contributed by atoms with Gasteiger partial charge in [0.05, 0.1) is 6.54 Å². The second-order valence-corrected chi connectivity index (χ2v) is 5.02. The van der Waals surface area contributed by atoms with E-state index >= 15 is 0 Å². The minimum absolute atomic E-state index is 0.0139. The van der Waals surface area contributed by atoms with Crippen molar-refractivity contribution in [1.82, 2.24) is 15.0 Å². The maximum atomic E-state index is 12.4. The Morgan fingerprint density at radius 3 is 2.50 bits per heavy atom. The van der Waals surface area contributed by atoms with Crippen LogP contribution in [0.5, 0.6) is 5.75 Å². The van der Waals surface area contributed by atoms with Gasteiger partial charge in [0.25, 0.3) is 0 Å². The van der Waals surface area contributed by atoms with E-state index in [1.165, 1.54) is 29.2 Å². The Kier molecular flexibility index (Phi) is 3.96. The van der Waals surface area contributed by atoms with Crippen LogP contribution >= 0.6 is 0 Å². The topological polar surface area (TPSA) is 85.5 Å². The predicted octanol–water partition coefficient (Wildman–Crippen LogP) is 2.53. The number of aromatic nitrogens is 2. The molecule has 0 bridgehead atoms. The van der Waals surface area contributed by atoms with Crippen LogP contribution in [-0.4, -0.2) is 40.0 Å². The summed E-state index contributed by atoms with van der Waals surface area (Å²) in [4.78, 5) is 27.5. The summed E-state index contributed by atoms with van der Waals surface area (Å²) in [6.45, 7) is 0.318. The van der Waals surface area contributed by atoms with E-state index < -0.39 is 18.2 Å². The Morgan fingerprint density at radius 1 is 1.25 bits per heavy atom. The summed E-state index contributed by atoms with van der Waals surface area (Å²) in [5.41, 5.74) is 0.269. The molecule has 1 amide bonds. The number of carbonyl (C=O) groups is 2. The van der Waals surface area contributed by atoms with E-state index in [0.717, 1.165) is 0 Å². The first kappa shape index (κ1) is 16.0. The van der Waals surface area contributed by atoms with E-state index in [1.807, 2.05) is 0 Å². The molecule has 0 unspecified atom stereocenters. The number of amides is 1. The molecule has 1 aliphatic heterocycles. The quantitative estimate of drug-likeness (QED) is 0.834. The molecule has 1 saturated heterocycles. The SMILES string of the molecule is O=C1CCN(C(=O)Oc2ccc(-c3noc(C(F)(F)F)n3)cc2)C1. The number of benzene rings is 1. The molecular formula is C14H10F3N3O4. The zero-order chi connectivity index (χ0) is 17.3. The van der Waals surface area contributed by atoms with Crippen LogP contribution < -0.4 is 4.74 Å². The predicted molar refractivity (Wildman–Crippen MR) is 72.0 cm³/mol. The molecule has 10 heteroatoms. The molecule has 7 nitrogen and oxygen atoms in total. The highest BCUT2D eigenvalue weighted by Gasteiger charge is 2.38. The Balaban J connectivity index is 1.68. The van der Waals surface area contributed by atoms with Crippen molar-refractivity contribution in [2.75, 3.05) is 13.1 Å². The number of hydrogen-bond donors (Lipinski definition) is 0. The van der Waals surface area contributed by atoms with Crippen LogP contribution in [0.4, 0.5) is 18.0 Å². The standard InChI is InChI=1S/C14H10F3N3O4/c15-14(16,17)12-18-11(19-24-12)8-1-3-10(4-2-8)23-13(22)20-6-5-9(21)7-20/h1-4H,5-7H2. The summed E-state index contributed by atoms with van der Waals surface area (Å²) in [7, 11) is 0. The van der Waals surface area contributed by atoms with Crippen molar-refractivity contribution in [2.24, 2.45) is 0 Å². The van der Waals surface area contributed by atoms with Gasteiger partial charge in [-0.25, -0.2) is 4.79 Å². The highest BCUT2D eigenvalue weighted by atomic mass is 19.4. The van der Waals surface area contributed by atoms with E-state index in [4.69, 9.17) is 4.74 Å². The molecule has 0 spiro atoms. The third-order valence-corrected chi connectivity index (χ3v) is 3.27. The van der Waals surface area contributed by atoms with Crippen LogP contribution in [0.1, 0.15) is 12.3 Å². The Morgan fingerprint density at radius 2 is 1.96 bits per heavy atom. The van der Waals surface area contributed by atoms with Gasteiger partial charge in [-0.05, 0) is 24.3 Å². The van der Waals surface area contributed by atoms with E-state index in [9.17, 15) is 22.8 Å². The van der Waals surface area contributed by atoms with Crippen LogP contribution in [0.15, 0.2) is 28.8 Å². The molecule has 3 rings (SSSR count). The van der Waals surface area contributed by atoms with Gasteiger partial charge < -0.3 is 14.2 Å². The fourth-order valence-electron chi connectivity index (χ4n) is 2.08. The minimum atomic E-state index is -4.71. The van der Waals surface area contributed by atoms with Gasteiger partial charge in [0.2, 0.25) is 5.82 Å². The van der Waals surface area contributed by atoms with Crippen LogP contribution in [0.3, 0.4) is 0 Å². The maximum Gasteiger partial charge on any atom is 0.471 e. The number of Topliss-reactive ketones (excluding diaryl/α,β-unsaturated/α-hetero) is 1. The first-order valence-electron chi connectivity index (χ1n) is 6.83. The summed E-state index contributed by atoms with van der Waals surface area (Å²) in [5, 5.41) is 3.26. The molecule has 0 N–H and O–H groups in total. The fourth-order valence-corrected chi connectivity index (χ4v) is 2.08. The molecule has 126 valence electrons. The number of nitrogens with zero attached hydrogens (tertiary/aromatic N) is 3. The van der Waals surface area contributed by atoms with Gasteiger partial charge in [-0.2, -0.15) is 18.2 Å². The van der Waals surface area contributed by atoms with E-state index in [2.05, 4.69) is 14.7 Å². The number of alkyl halides is 3. The monoisotopic (exact) mass is 341 g/mol. The Bertz CT molecular complexity index is 770. The first-order valence-corrected chi connectivity index (χ1v) is 6.83.